The molecular formula is C16H22N2O3S. The number of aliphatic carboxylic acids is 1. The summed E-state index contributed by atoms with van der Waals surface area (Å²) >= 11 is 1.57. The Labute approximate surface area is 135 Å². The number of nitrogens with one attached hydrogen (secondary N) is 1. The van der Waals surface area contributed by atoms with Crippen molar-refractivity contribution in [2.75, 3.05) is 23.5 Å². The number of para-hydroxylation sites is 1. The highest BCUT2D eigenvalue weighted by molar-refractivity contribution is 7.98. The van der Waals surface area contributed by atoms with E-state index in [1.807, 2.05) is 36.3 Å². The molecule has 1 aromatic rings. The van der Waals surface area contributed by atoms with Crippen molar-refractivity contribution in [2.24, 2.45) is 0 Å². The Morgan fingerprint density at radius 3 is 2.82 bits per heavy atom. The van der Waals surface area contributed by atoms with Crippen LogP contribution in [0.1, 0.15) is 18.9 Å². The third-order valence-electron chi connectivity index (χ3n) is 4.00. The van der Waals surface area contributed by atoms with Crippen LogP contribution < -0.4 is 10.2 Å². The van der Waals surface area contributed by atoms with E-state index in [0.29, 0.717) is 12.2 Å². The Balaban J connectivity index is 2.02. The predicted molar refractivity (Wildman–Crippen MR) is 89.5 cm³/mol. The normalized spacial score (nSPS) is 16.0. The van der Waals surface area contributed by atoms with Crippen LogP contribution in [-0.4, -0.2) is 47.6 Å². The second kappa shape index (κ2) is 7.54. The molecule has 0 spiro atoms. The van der Waals surface area contributed by atoms with Crippen LogP contribution in [0.15, 0.2) is 24.3 Å². The van der Waals surface area contributed by atoms with Crippen LogP contribution in [0, 0.1) is 0 Å². The number of carboxylic acid groups (broad SMARTS) is 1. The van der Waals surface area contributed by atoms with Gasteiger partial charge in [-0.15, -0.1) is 0 Å². The van der Waals surface area contributed by atoms with Gasteiger partial charge in [0.1, 0.15) is 12.1 Å². The Morgan fingerprint density at radius 2 is 2.14 bits per heavy atom. The predicted octanol–water partition coefficient (Wildman–Crippen LogP) is 1.76. The number of carboxylic acids is 1. The van der Waals surface area contributed by atoms with Crippen molar-refractivity contribution in [1.82, 2.24) is 5.32 Å². The van der Waals surface area contributed by atoms with Crippen molar-refractivity contribution >= 4 is 29.3 Å². The van der Waals surface area contributed by atoms with Crippen LogP contribution in [0.4, 0.5) is 5.69 Å². The Hall–Kier alpha value is -1.69. The Kier molecular flexibility index (Phi) is 5.71. The lowest BCUT2D eigenvalue weighted by atomic mass is 10.1. The summed E-state index contributed by atoms with van der Waals surface area (Å²) in [6.45, 7) is 2.61. The minimum absolute atomic E-state index is 0.231. The summed E-state index contributed by atoms with van der Waals surface area (Å²) < 4.78 is 0. The fourth-order valence-corrected chi connectivity index (χ4v) is 3.16. The first-order chi connectivity index (χ1) is 10.5. The first-order valence-corrected chi connectivity index (χ1v) is 8.80. The topological polar surface area (TPSA) is 69.6 Å². The van der Waals surface area contributed by atoms with Gasteiger partial charge in [0.15, 0.2) is 0 Å². The van der Waals surface area contributed by atoms with Gasteiger partial charge >= 0.3 is 5.97 Å². The molecule has 0 saturated carbocycles. The van der Waals surface area contributed by atoms with Crippen LogP contribution in [0.25, 0.3) is 0 Å². The second-order valence-electron chi connectivity index (χ2n) is 5.43. The van der Waals surface area contributed by atoms with Gasteiger partial charge in [0.05, 0.1) is 0 Å². The molecule has 0 bridgehead atoms. The monoisotopic (exact) mass is 322 g/mol. The molecular weight excluding hydrogens is 300 g/mol. The number of hydrogen-bond donors (Lipinski definition) is 2. The number of carbonyl (C=O) groups is 2. The lowest BCUT2D eigenvalue weighted by Crippen LogP contribution is -2.50. The minimum Gasteiger partial charge on any atom is -0.480 e. The van der Waals surface area contributed by atoms with Crippen LogP contribution in [0.5, 0.6) is 0 Å². The van der Waals surface area contributed by atoms with Gasteiger partial charge in [-0.2, -0.15) is 11.8 Å². The van der Waals surface area contributed by atoms with Crippen molar-refractivity contribution in [3.8, 4) is 0 Å². The molecule has 1 heterocycles. The average Bonchev–Trinajstić information content (AvgIpc) is 2.94. The van der Waals surface area contributed by atoms with E-state index in [1.165, 1.54) is 5.56 Å². The molecule has 2 N–H and O–H groups in total. The Morgan fingerprint density at radius 1 is 1.41 bits per heavy atom. The van der Waals surface area contributed by atoms with Gasteiger partial charge in [-0.1, -0.05) is 18.2 Å². The quantitative estimate of drug-likeness (QED) is 0.800. The summed E-state index contributed by atoms with van der Waals surface area (Å²) in [6, 6.07) is 6.84. The summed E-state index contributed by atoms with van der Waals surface area (Å²) in [5.41, 5.74) is 2.31. The van der Waals surface area contributed by atoms with Crippen LogP contribution in [0.2, 0.25) is 0 Å². The number of amides is 1. The van der Waals surface area contributed by atoms with E-state index in [-0.39, 0.29) is 11.9 Å². The molecule has 6 heteroatoms. The minimum atomic E-state index is -0.976. The molecule has 1 aliphatic rings. The van der Waals surface area contributed by atoms with E-state index >= 15 is 0 Å². The standard InChI is InChI=1S/C16H22N2O3S/c1-11(15(19)17-13(16(20)21)8-10-22-2)18-9-7-12-5-3-4-6-14(12)18/h3-6,11,13H,7-10H2,1-2H3,(H,17,19)(H,20,21). The number of fused-ring (bicyclic) bond motifs is 1. The number of hydrogen-bond acceptors (Lipinski definition) is 4. The highest BCUT2D eigenvalue weighted by Crippen LogP contribution is 2.29. The first kappa shape index (κ1) is 16.7. The van der Waals surface area contributed by atoms with Crippen molar-refractivity contribution in [1.29, 1.82) is 0 Å². The molecule has 5 nitrogen and oxygen atoms in total. The van der Waals surface area contributed by atoms with E-state index in [0.717, 1.165) is 18.7 Å². The zero-order chi connectivity index (χ0) is 16.1. The van der Waals surface area contributed by atoms with E-state index in [1.54, 1.807) is 11.8 Å². The van der Waals surface area contributed by atoms with Gasteiger partial charge < -0.3 is 15.3 Å². The number of nitrogens with zero attached hydrogens (tertiary/aromatic N) is 1. The molecule has 22 heavy (non-hydrogen) atoms. The molecule has 0 aliphatic carbocycles. The third-order valence-corrected chi connectivity index (χ3v) is 4.64. The van der Waals surface area contributed by atoms with E-state index in [9.17, 15) is 14.7 Å². The fraction of sp³-hybridized carbons (Fsp3) is 0.500. The van der Waals surface area contributed by atoms with Gasteiger partial charge in [-0.25, -0.2) is 4.79 Å². The fourth-order valence-electron chi connectivity index (χ4n) is 2.69. The smallest absolute Gasteiger partial charge is 0.326 e. The van der Waals surface area contributed by atoms with E-state index < -0.39 is 12.0 Å². The van der Waals surface area contributed by atoms with Crippen LogP contribution in [0.3, 0.4) is 0 Å². The average molecular weight is 322 g/mol. The molecule has 2 unspecified atom stereocenters. The number of thioether (sulfide) groups is 1. The summed E-state index contributed by atoms with van der Waals surface area (Å²) in [7, 11) is 0. The Bertz CT molecular complexity index is 550. The second-order valence-corrected chi connectivity index (χ2v) is 6.41. The SMILES string of the molecule is CSCCC(NC(=O)C(C)N1CCc2ccccc21)C(=O)O. The molecule has 2 atom stereocenters. The largest absolute Gasteiger partial charge is 0.480 e. The molecule has 0 radical (unpaired) electrons. The molecule has 2 rings (SSSR count). The molecule has 1 amide bonds. The summed E-state index contributed by atoms with van der Waals surface area (Å²) in [6.07, 6.45) is 3.28. The van der Waals surface area contributed by atoms with Crippen molar-refractivity contribution in [3.05, 3.63) is 29.8 Å². The zero-order valence-corrected chi connectivity index (χ0v) is 13.7. The van der Waals surface area contributed by atoms with Gasteiger partial charge in [0.25, 0.3) is 0 Å². The van der Waals surface area contributed by atoms with Gasteiger partial charge in [-0.05, 0) is 43.4 Å². The summed E-state index contributed by atoms with van der Waals surface area (Å²) in [5.74, 6) is -0.500. The molecule has 0 saturated heterocycles. The number of rotatable bonds is 7. The zero-order valence-electron chi connectivity index (χ0n) is 12.9. The van der Waals surface area contributed by atoms with Gasteiger partial charge in [-0.3, -0.25) is 4.79 Å². The first-order valence-electron chi connectivity index (χ1n) is 7.41. The maximum atomic E-state index is 12.4. The lowest BCUT2D eigenvalue weighted by Gasteiger charge is -2.27. The molecule has 120 valence electrons. The molecule has 1 aromatic carbocycles. The van der Waals surface area contributed by atoms with E-state index in [4.69, 9.17) is 0 Å². The molecule has 0 aromatic heterocycles. The number of carbonyl (C=O) groups excluding carboxylic acids is 1. The van der Waals surface area contributed by atoms with Crippen LogP contribution in [-0.2, 0) is 16.0 Å². The summed E-state index contributed by atoms with van der Waals surface area (Å²) in [4.78, 5) is 25.7. The van der Waals surface area contributed by atoms with Gasteiger partial charge in [0, 0.05) is 12.2 Å². The maximum absolute atomic E-state index is 12.4. The maximum Gasteiger partial charge on any atom is 0.326 e. The molecule has 1 aliphatic heterocycles. The third kappa shape index (κ3) is 3.74. The van der Waals surface area contributed by atoms with E-state index in [2.05, 4.69) is 11.4 Å². The highest BCUT2D eigenvalue weighted by Gasteiger charge is 2.29. The molecule has 0 fully saturated rings. The van der Waals surface area contributed by atoms with Crippen molar-refractivity contribution < 1.29 is 14.7 Å². The van der Waals surface area contributed by atoms with Crippen molar-refractivity contribution in [2.45, 2.75) is 31.8 Å². The van der Waals surface area contributed by atoms with Crippen LogP contribution >= 0.6 is 11.8 Å². The number of anilines is 1. The lowest BCUT2D eigenvalue weighted by molar-refractivity contribution is -0.142. The number of benzene rings is 1. The summed E-state index contributed by atoms with van der Waals surface area (Å²) in [5, 5.41) is 11.9. The van der Waals surface area contributed by atoms with Gasteiger partial charge in [0.2, 0.25) is 5.91 Å². The van der Waals surface area contributed by atoms with Crippen molar-refractivity contribution in [3.63, 3.8) is 0 Å². The highest BCUT2D eigenvalue weighted by atomic mass is 32.2.